The fraction of sp³-hybridized carbons (Fsp3) is 0.0833. The highest BCUT2D eigenvalue weighted by molar-refractivity contribution is 7.94. The molecule has 1 N–H and O–H groups in total. The van der Waals surface area contributed by atoms with Crippen LogP contribution < -0.4 is 9.46 Å². The van der Waals surface area contributed by atoms with E-state index in [2.05, 4.69) is 4.72 Å². The first-order valence-corrected chi connectivity index (χ1v) is 8.00. The molecule has 0 aliphatic rings. The second kappa shape index (κ2) is 5.71. The maximum atomic E-state index is 12.2. The van der Waals surface area contributed by atoms with Crippen molar-refractivity contribution in [2.24, 2.45) is 0 Å². The lowest BCUT2D eigenvalue weighted by Gasteiger charge is -2.11. The quantitative estimate of drug-likeness (QED) is 0.935. The van der Waals surface area contributed by atoms with Gasteiger partial charge in [0.1, 0.15) is 20.9 Å². The van der Waals surface area contributed by atoms with E-state index in [4.69, 9.17) is 21.6 Å². The van der Waals surface area contributed by atoms with Gasteiger partial charge in [0, 0.05) is 5.02 Å². The van der Waals surface area contributed by atoms with E-state index in [1.54, 1.807) is 12.1 Å². The first-order chi connectivity index (χ1) is 9.46. The summed E-state index contributed by atoms with van der Waals surface area (Å²) in [7, 11) is -2.34. The third-order valence-corrected chi connectivity index (χ3v) is 5.44. The molecule has 2 rings (SSSR count). The van der Waals surface area contributed by atoms with E-state index >= 15 is 0 Å². The van der Waals surface area contributed by atoms with Crippen molar-refractivity contribution in [3.8, 4) is 11.8 Å². The molecular weight excluding hydrogens is 320 g/mol. The first-order valence-electron chi connectivity index (χ1n) is 5.32. The SMILES string of the molecule is COc1ccc(Cl)cc1NS(=O)(=O)c1ccc(C#N)s1. The lowest BCUT2D eigenvalue weighted by atomic mass is 10.3. The minimum Gasteiger partial charge on any atom is -0.495 e. The van der Waals surface area contributed by atoms with E-state index in [0.29, 0.717) is 15.6 Å². The Morgan fingerprint density at radius 2 is 2.10 bits per heavy atom. The predicted molar refractivity (Wildman–Crippen MR) is 77.8 cm³/mol. The Balaban J connectivity index is 2.38. The molecule has 1 aromatic heterocycles. The molecule has 0 saturated heterocycles. The molecule has 1 aromatic carbocycles. The standard InChI is InChI=1S/C12H9ClN2O3S2/c1-18-11-4-2-8(13)6-10(11)15-20(16,17)12-5-3-9(7-14)19-12/h2-6,15H,1H3. The fourth-order valence-electron chi connectivity index (χ4n) is 1.48. The van der Waals surface area contributed by atoms with E-state index < -0.39 is 10.0 Å². The summed E-state index contributed by atoms with van der Waals surface area (Å²) in [6.45, 7) is 0. The molecular formula is C12H9ClN2O3S2. The zero-order chi connectivity index (χ0) is 14.8. The van der Waals surface area contributed by atoms with Crippen molar-refractivity contribution in [3.05, 3.63) is 40.2 Å². The zero-order valence-corrected chi connectivity index (χ0v) is 12.6. The van der Waals surface area contributed by atoms with Crippen LogP contribution in [0.2, 0.25) is 5.02 Å². The average molecular weight is 329 g/mol. The Hall–Kier alpha value is -1.75. The van der Waals surface area contributed by atoms with Gasteiger partial charge in [0.15, 0.2) is 0 Å². The van der Waals surface area contributed by atoms with Gasteiger partial charge in [-0.05, 0) is 30.3 Å². The van der Waals surface area contributed by atoms with Crippen molar-refractivity contribution in [2.45, 2.75) is 4.21 Å². The summed E-state index contributed by atoms with van der Waals surface area (Å²) in [6.07, 6.45) is 0. The number of rotatable bonds is 4. The number of nitriles is 1. The van der Waals surface area contributed by atoms with Crippen LogP contribution in [0.5, 0.6) is 5.75 Å². The van der Waals surface area contributed by atoms with Crippen molar-refractivity contribution in [1.29, 1.82) is 5.26 Å². The summed E-state index contributed by atoms with van der Waals surface area (Å²) >= 11 is 6.74. The molecule has 0 fully saturated rings. The molecule has 20 heavy (non-hydrogen) atoms. The van der Waals surface area contributed by atoms with Gasteiger partial charge in [0.05, 0.1) is 12.8 Å². The molecule has 0 unspecified atom stereocenters. The highest BCUT2D eigenvalue weighted by Gasteiger charge is 2.19. The topological polar surface area (TPSA) is 79.2 Å². The van der Waals surface area contributed by atoms with Crippen LogP contribution >= 0.6 is 22.9 Å². The third kappa shape index (κ3) is 3.04. The number of halogens is 1. The molecule has 104 valence electrons. The van der Waals surface area contributed by atoms with Gasteiger partial charge in [-0.15, -0.1) is 11.3 Å². The van der Waals surface area contributed by atoms with Crippen LogP contribution in [0.25, 0.3) is 0 Å². The summed E-state index contributed by atoms with van der Waals surface area (Å²) in [4.78, 5) is 0.323. The zero-order valence-electron chi connectivity index (χ0n) is 10.3. The highest BCUT2D eigenvalue weighted by atomic mass is 35.5. The van der Waals surface area contributed by atoms with Crippen LogP contribution in [0, 0.1) is 11.3 Å². The molecule has 0 spiro atoms. The molecule has 8 heteroatoms. The van der Waals surface area contributed by atoms with Crippen LogP contribution in [-0.2, 0) is 10.0 Å². The lowest BCUT2D eigenvalue weighted by Crippen LogP contribution is -2.12. The number of nitrogens with one attached hydrogen (secondary N) is 1. The Morgan fingerprint density at radius 3 is 2.70 bits per heavy atom. The maximum Gasteiger partial charge on any atom is 0.271 e. The second-order valence-corrected chi connectivity index (χ2v) is 7.11. The summed E-state index contributed by atoms with van der Waals surface area (Å²) in [5.41, 5.74) is 0.243. The molecule has 0 aliphatic heterocycles. The monoisotopic (exact) mass is 328 g/mol. The molecule has 0 bridgehead atoms. The van der Waals surface area contributed by atoms with Gasteiger partial charge in [-0.25, -0.2) is 8.42 Å². The summed E-state index contributed by atoms with van der Waals surface area (Å²) in [6, 6.07) is 9.34. The Morgan fingerprint density at radius 1 is 1.35 bits per heavy atom. The number of anilines is 1. The van der Waals surface area contributed by atoms with Gasteiger partial charge in [-0.1, -0.05) is 11.6 Å². The molecule has 0 amide bonds. The molecule has 0 radical (unpaired) electrons. The molecule has 2 aromatic rings. The molecule has 5 nitrogen and oxygen atoms in total. The smallest absolute Gasteiger partial charge is 0.271 e. The van der Waals surface area contributed by atoms with Gasteiger partial charge in [-0.3, -0.25) is 4.72 Å². The van der Waals surface area contributed by atoms with E-state index in [9.17, 15) is 8.42 Å². The Labute approximate surface area is 125 Å². The van der Waals surface area contributed by atoms with E-state index in [1.807, 2.05) is 6.07 Å². The molecule has 0 aliphatic carbocycles. The van der Waals surface area contributed by atoms with Crippen molar-refractivity contribution in [3.63, 3.8) is 0 Å². The van der Waals surface area contributed by atoms with Crippen LogP contribution in [-0.4, -0.2) is 15.5 Å². The average Bonchev–Trinajstić information content (AvgIpc) is 2.88. The predicted octanol–water partition coefficient (Wildman–Crippen LogP) is 3.08. The van der Waals surface area contributed by atoms with E-state index in [0.717, 1.165) is 11.3 Å². The van der Waals surface area contributed by atoms with Crippen molar-refractivity contribution >= 4 is 38.6 Å². The molecule has 0 saturated carbocycles. The minimum absolute atomic E-state index is 0.0519. The van der Waals surface area contributed by atoms with Crippen molar-refractivity contribution in [1.82, 2.24) is 0 Å². The maximum absolute atomic E-state index is 12.2. The van der Waals surface area contributed by atoms with Crippen molar-refractivity contribution < 1.29 is 13.2 Å². The highest BCUT2D eigenvalue weighted by Crippen LogP contribution is 2.31. The third-order valence-electron chi connectivity index (χ3n) is 2.36. The molecule has 0 atom stereocenters. The minimum atomic E-state index is -3.77. The van der Waals surface area contributed by atoms with Crippen molar-refractivity contribution in [2.75, 3.05) is 11.8 Å². The number of nitrogens with zero attached hydrogens (tertiary/aromatic N) is 1. The number of thiophene rings is 1. The van der Waals surface area contributed by atoms with E-state index in [-0.39, 0.29) is 9.90 Å². The van der Waals surface area contributed by atoms with Gasteiger partial charge in [0.25, 0.3) is 10.0 Å². The number of benzene rings is 1. The van der Waals surface area contributed by atoms with Gasteiger partial charge in [-0.2, -0.15) is 5.26 Å². The second-order valence-electron chi connectivity index (χ2n) is 3.68. The largest absolute Gasteiger partial charge is 0.495 e. The number of hydrogen-bond acceptors (Lipinski definition) is 5. The van der Waals surface area contributed by atoms with Gasteiger partial charge < -0.3 is 4.74 Å². The molecule has 1 heterocycles. The normalized spacial score (nSPS) is 10.8. The van der Waals surface area contributed by atoms with Crippen LogP contribution in [0.4, 0.5) is 5.69 Å². The number of ether oxygens (including phenoxy) is 1. The summed E-state index contributed by atoms with van der Waals surface area (Å²) in [5.74, 6) is 0.357. The van der Waals surface area contributed by atoms with Crippen LogP contribution in [0.1, 0.15) is 4.88 Å². The summed E-state index contributed by atoms with van der Waals surface area (Å²) in [5, 5.41) is 9.11. The fourth-order valence-corrected chi connectivity index (χ4v) is 3.82. The summed E-state index contributed by atoms with van der Waals surface area (Å²) < 4.78 is 31.9. The number of methoxy groups -OCH3 is 1. The number of sulfonamides is 1. The Bertz CT molecular complexity index is 778. The first kappa shape index (κ1) is 14.7. The van der Waals surface area contributed by atoms with E-state index in [1.165, 1.54) is 25.3 Å². The number of hydrogen-bond donors (Lipinski definition) is 1. The van der Waals surface area contributed by atoms with Crippen LogP contribution in [0.3, 0.4) is 0 Å². The Kier molecular flexibility index (Phi) is 4.18. The van der Waals surface area contributed by atoms with Gasteiger partial charge >= 0.3 is 0 Å². The van der Waals surface area contributed by atoms with Crippen LogP contribution in [0.15, 0.2) is 34.5 Å². The lowest BCUT2D eigenvalue weighted by molar-refractivity contribution is 0.417. The van der Waals surface area contributed by atoms with Gasteiger partial charge in [0.2, 0.25) is 0 Å².